The van der Waals surface area contributed by atoms with Crippen molar-refractivity contribution >= 4 is 17.3 Å². The van der Waals surface area contributed by atoms with Crippen LogP contribution >= 0.6 is 0 Å². The van der Waals surface area contributed by atoms with Crippen molar-refractivity contribution in [3.05, 3.63) is 33.9 Å². The van der Waals surface area contributed by atoms with E-state index in [9.17, 15) is 20.0 Å². The number of nitrogens with one attached hydrogen (secondary N) is 1. The minimum absolute atomic E-state index is 0.000485. The second-order valence-corrected chi connectivity index (χ2v) is 4.48. The van der Waals surface area contributed by atoms with Crippen LogP contribution in [0.4, 0.5) is 11.4 Å². The number of rotatable bonds is 6. The van der Waals surface area contributed by atoms with Gasteiger partial charge in [-0.05, 0) is 12.0 Å². The maximum Gasteiger partial charge on any atom is 0.337 e. The van der Waals surface area contributed by atoms with Crippen LogP contribution in [0.2, 0.25) is 0 Å². The number of carboxylic acids is 1. The number of aromatic carboxylic acids is 1. The first-order valence-corrected chi connectivity index (χ1v) is 5.76. The number of carboxylic acid groups (broad SMARTS) is 1. The Kier molecular flexibility index (Phi) is 4.82. The molecule has 0 aliphatic heterocycles. The zero-order chi connectivity index (χ0) is 14.6. The third-order valence-corrected chi connectivity index (χ3v) is 2.72. The lowest BCUT2D eigenvalue weighted by Crippen LogP contribution is -2.25. The SMILES string of the molecule is CC(C)C(O)CNc1cc([N+](=O)[O-])ccc1C(=O)O. The van der Waals surface area contributed by atoms with Crippen molar-refractivity contribution < 1.29 is 19.9 Å². The summed E-state index contributed by atoms with van der Waals surface area (Å²) in [5.74, 6) is -1.18. The van der Waals surface area contributed by atoms with Crippen LogP contribution in [0.3, 0.4) is 0 Å². The lowest BCUT2D eigenvalue weighted by Gasteiger charge is -2.16. The molecule has 0 fully saturated rings. The van der Waals surface area contributed by atoms with Crippen LogP contribution in [0.5, 0.6) is 0 Å². The highest BCUT2D eigenvalue weighted by Gasteiger charge is 2.16. The van der Waals surface area contributed by atoms with E-state index in [4.69, 9.17) is 5.11 Å². The molecule has 3 N–H and O–H groups in total. The van der Waals surface area contributed by atoms with Gasteiger partial charge in [0.2, 0.25) is 0 Å². The molecule has 0 spiro atoms. The minimum atomic E-state index is -1.18. The Morgan fingerprint density at radius 2 is 2.11 bits per heavy atom. The molecule has 1 rings (SSSR count). The lowest BCUT2D eigenvalue weighted by atomic mass is 10.1. The molecule has 7 nitrogen and oxygen atoms in total. The number of nitro benzene ring substituents is 1. The number of hydrogen-bond donors (Lipinski definition) is 3. The van der Waals surface area contributed by atoms with Crippen molar-refractivity contribution in [3.8, 4) is 0 Å². The summed E-state index contributed by atoms with van der Waals surface area (Å²) in [5.41, 5.74) is -0.144. The second-order valence-electron chi connectivity index (χ2n) is 4.48. The lowest BCUT2D eigenvalue weighted by molar-refractivity contribution is -0.384. The first kappa shape index (κ1) is 14.9. The highest BCUT2D eigenvalue weighted by Crippen LogP contribution is 2.23. The number of benzene rings is 1. The van der Waals surface area contributed by atoms with E-state index in [0.717, 1.165) is 12.1 Å². The fourth-order valence-corrected chi connectivity index (χ4v) is 1.43. The van der Waals surface area contributed by atoms with E-state index in [1.165, 1.54) is 6.07 Å². The molecule has 0 aliphatic rings. The molecule has 0 radical (unpaired) electrons. The number of nitro groups is 1. The van der Waals surface area contributed by atoms with Crippen LogP contribution in [0.1, 0.15) is 24.2 Å². The number of nitrogens with zero attached hydrogens (tertiary/aromatic N) is 1. The van der Waals surface area contributed by atoms with Gasteiger partial charge in [0.15, 0.2) is 0 Å². The molecule has 19 heavy (non-hydrogen) atoms. The highest BCUT2D eigenvalue weighted by molar-refractivity contribution is 5.94. The Morgan fingerprint density at radius 1 is 1.47 bits per heavy atom. The van der Waals surface area contributed by atoms with Gasteiger partial charge in [-0.25, -0.2) is 4.79 Å². The van der Waals surface area contributed by atoms with E-state index < -0.39 is 17.0 Å². The third kappa shape index (κ3) is 3.92. The first-order chi connectivity index (χ1) is 8.82. The van der Waals surface area contributed by atoms with Crippen molar-refractivity contribution in [1.29, 1.82) is 0 Å². The molecule has 0 aromatic heterocycles. The Labute approximate surface area is 110 Å². The Balaban J connectivity index is 2.98. The van der Waals surface area contributed by atoms with Gasteiger partial charge >= 0.3 is 5.97 Å². The molecule has 0 heterocycles. The van der Waals surface area contributed by atoms with Crippen molar-refractivity contribution in [1.82, 2.24) is 0 Å². The molecule has 1 unspecified atom stereocenters. The van der Waals surface area contributed by atoms with Crippen LogP contribution < -0.4 is 5.32 Å². The molecule has 0 saturated carbocycles. The molecule has 0 bridgehead atoms. The van der Waals surface area contributed by atoms with Crippen LogP contribution in [-0.4, -0.2) is 33.8 Å². The van der Waals surface area contributed by atoms with Gasteiger partial charge in [0, 0.05) is 18.7 Å². The van der Waals surface area contributed by atoms with Gasteiger partial charge in [-0.15, -0.1) is 0 Å². The van der Waals surface area contributed by atoms with Crippen LogP contribution in [0.25, 0.3) is 0 Å². The van der Waals surface area contributed by atoms with Gasteiger partial charge in [0.1, 0.15) is 0 Å². The zero-order valence-electron chi connectivity index (χ0n) is 10.7. The van der Waals surface area contributed by atoms with E-state index in [2.05, 4.69) is 5.32 Å². The molecule has 0 aliphatic carbocycles. The summed E-state index contributed by atoms with van der Waals surface area (Å²) >= 11 is 0. The molecule has 0 saturated heterocycles. The Bertz CT molecular complexity index is 487. The number of aliphatic hydroxyl groups excluding tert-OH is 1. The summed E-state index contributed by atoms with van der Waals surface area (Å²) in [6.07, 6.45) is -0.666. The van der Waals surface area contributed by atoms with E-state index >= 15 is 0 Å². The number of non-ortho nitro benzene ring substituents is 1. The van der Waals surface area contributed by atoms with Crippen molar-refractivity contribution in [3.63, 3.8) is 0 Å². The van der Waals surface area contributed by atoms with E-state index in [1.807, 2.05) is 13.8 Å². The van der Waals surface area contributed by atoms with Gasteiger partial charge in [-0.2, -0.15) is 0 Å². The predicted molar refractivity (Wildman–Crippen MR) is 69.4 cm³/mol. The molecule has 1 aromatic carbocycles. The molecule has 7 heteroatoms. The minimum Gasteiger partial charge on any atom is -0.478 e. The number of aliphatic hydroxyl groups is 1. The van der Waals surface area contributed by atoms with Gasteiger partial charge in [0.25, 0.3) is 5.69 Å². The Morgan fingerprint density at radius 3 is 2.58 bits per heavy atom. The average molecular weight is 268 g/mol. The molecule has 1 atom stereocenters. The summed E-state index contributed by atoms with van der Waals surface area (Å²) in [6.45, 7) is 3.76. The smallest absolute Gasteiger partial charge is 0.337 e. The number of anilines is 1. The Hall–Kier alpha value is -2.15. The van der Waals surface area contributed by atoms with Gasteiger partial charge < -0.3 is 15.5 Å². The van der Waals surface area contributed by atoms with E-state index in [-0.39, 0.29) is 29.4 Å². The number of hydrogen-bond acceptors (Lipinski definition) is 5. The first-order valence-electron chi connectivity index (χ1n) is 5.76. The summed E-state index contributed by atoms with van der Waals surface area (Å²) < 4.78 is 0. The van der Waals surface area contributed by atoms with Crippen LogP contribution in [0.15, 0.2) is 18.2 Å². The van der Waals surface area contributed by atoms with Crippen molar-refractivity contribution in [2.45, 2.75) is 20.0 Å². The van der Waals surface area contributed by atoms with E-state index in [0.29, 0.717) is 0 Å². The van der Waals surface area contributed by atoms with Gasteiger partial charge in [0.05, 0.1) is 22.3 Å². The summed E-state index contributed by atoms with van der Waals surface area (Å²) in [4.78, 5) is 21.1. The van der Waals surface area contributed by atoms with Gasteiger partial charge in [-0.1, -0.05) is 13.8 Å². The summed E-state index contributed by atoms with van der Waals surface area (Å²) in [7, 11) is 0. The standard InChI is InChI=1S/C12H16N2O5/c1-7(2)11(15)6-13-10-5-8(14(18)19)3-4-9(10)12(16)17/h3-5,7,11,13,15H,6H2,1-2H3,(H,16,17). The van der Waals surface area contributed by atoms with Crippen LogP contribution in [0, 0.1) is 16.0 Å². The molecule has 104 valence electrons. The van der Waals surface area contributed by atoms with Crippen molar-refractivity contribution in [2.75, 3.05) is 11.9 Å². The fraction of sp³-hybridized carbons (Fsp3) is 0.417. The van der Waals surface area contributed by atoms with Crippen molar-refractivity contribution in [2.24, 2.45) is 5.92 Å². The molecule has 0 amide bonds. The largest absolute Gasteiger partial charge is 0.478 e. The highest BCUT2D eigenvalue weighted by atomic mass is 16.6. The van der Waals surface area contributed by atoms with Crippen LogP contribution in [-0.2, 0) is 0 Å². The average Bonchev–Trinajstić information content (AvgIpc) is 2.34. The molecule has 1 aromatic rings. The maximum absolute atomic E-state index is 11.0. The topological polar surface area (TPSA) is 113 Å². The van der Waals surface area contributed by atoms with Gasteiger partial charge in [-0.3, -0.25) is 10.1 Å². The summed E-state index contributed by atoms with van der Waals surface area (Å²) in [5, 5.41) is 32.0. The summed E-state index contributed by atoms with van der Waals surface area (Å²) in [6, 6.07) is 3.45. The molecular formula is C12H16N2O5. The fourth-order valence-electron chi connectivity index (χ4n) is 1.43. The number of carbonyl (C=O) groups is 1. The molecular weight excluding hydrogens is 252 g/mol. The normalized spacial score (nSPS) is 12.2. The zero-order valence-corrected chi connectivity index (χ0v) is 10.7. The third-order valence-electron chi connectivity index (χ3n) is 2.72. The monoisotopic (exact) mass is 268 g/mol. The predicted octanol–water partition coefficient (Wildman–Crippen LogP) is 1.72. The second kappa shape index (κ2) is 6.14. The maximum atomic E-state index is 11.0. The van der Waals surface area contributed by atoms with E-state index in [1.54, 1.807) is 0 Å². The quantitative estimate of drug-likeness (QED) is 0.535.